The Bertz CT molecular complexity index is 912. The van der Waals surface area contributed by atoms with Crippen LogP contribution in [0.25, 0.3) is 0 Å². The highest BCUT2D eigenvalue weighted by molar-refractivity contribution is 6.74. The van der Waals surface area contributed by atoms with Crippen LogP contribution in [0.15, 0.2) is 11.1 Å². The molecule has 2 N–H and O–H groups in total. The number of carbonyl (C=O) groups is 2. The zero-order valence-electron chi connectivity index (χ0n) is 30.4. The van der Waals surface area contributed by atoms with Gasteiger partial charge in [-0.05, 0) is 90.9 Å². The van der Waals surface area contributed by atoms with Crippen molar-refractivity contribution >= 4 is 20.4 Å². The van der Waals surface area contributed by atoms with Gasteiger partial charge in [-0.15, -0.1) is 0 Å². The van der Waals surface area contributed by atoms with Crippen molar-refractivity contribution < 1.29 is 28.6 Å². The second-order valence-electron chi connectivity index (χ2n) is 15.9. The molecule has 0 saturated carbocycles. The molecule has 0 spiro atoms. The molecule has 0 heterocycles. The molecule has 0 aromatic carbocycles. The maximum Gasteiger partial charge on any atom is 0.407 e. The van der Waals surface area contributed by atoms with E-state index >= 15 is 0 Å². The van der Waals surface area contributed by atoms with Crippen LogP contribution >= 0.6 is 0 Å². The highest BCUT2D eigenvalue weighted by Gasteiger charge is 2.46. The minimum absolute atomic E-state index is 0.0759. The molecule has 0 aliphatic rings. The summed E-state index contributed by atoms with van der Waals surface area (Å²) in [6.07, 6.45) is -0.337. The zero-order chi connectivity index (χ0) is 33.6. The van der Waals surface area contributed by atoms with E-state index in [1.807, 2.05) is 48.5 Å². The molecule has 0 aromatic heterocycles. The van der Waals surface area contributed by atoms with Crippen LogP contribution in [0.4, 0.5) is 4.79 Å². The summed E-state index contributed by atoms with van der Waals surface area (Å²) in [5.74, 6) is -0.841. The van der Waals surface area contributed by atoms with E-state index in [0.717, 1.165) is 17.6 Å². The molecule has 0 aromatic rings. The summed E-state index contributed by atoms with van der Waals surface area (Å²) < 4.78 is 18.2. The van der Waals surface area contributed by atoms with Gasteiger partial charge in [-0.1, -0.05) is 67.9 Å². The van der Waals surface area contributed by atoms with Gasteiger partial charge in [0.2, 0.25) is 0 Å². The largest absolute Gasteiger partial charge is 0.458 e. The Morgan fingerprint density at radius 3 is 1.76 bits per heavy atom. The van der Waals surface area contributed by atoms with Gasteiger partial charge in [0.15, 0.2) is 8.32 Å². The standard InChI is InChI=1S/C34H67NO6Si/c1-19-28(41-42(17,18)33(12,13)14)34(15,16)29(36)24(6)22(4)23(5)26(8)39-30(37)25(7)27(20-21(2)3)35-31(38)40-32(9,10)11/h21,24-29,36H,19-20H2,1-18H3,(H,35,38)/b23-22+/t24-,25?,26-,27-,28-,29-/m0/s1. The number of esters is 1. The number of carbonyl (C=O) groups excluding carboxylic acids is 2. The average molecular weight is 614 g/mol. The number of aliphatic hydroxyl groups is 1. The lowest BCUT2D eigenvalue weighted by Crippen LogP contribution is -2.52. The molecular formula is C34H67NO6Si. The number of amides is 1. The van der Waals surface area contributed by atoms with Crippen LogP contribution in [0.5, 0.6) is 0 Å². The maximum absolute atomic E-state index is 13.3. The number of aliphatic hydroxyl groups excluding tert-OH is 1. The van der Waals surface area contributed by atoms with E-state index in [0.29, 0.717) is 6.42 Å². The Balaban J connectivity index is 5.81. The van der Waals surface area contributed by atoms with Crippen LogP contribution in [0.1, 0.15) is 124 Å². The molecule has 7 nitrogen and oxygen atoms in total. The number of hydrogen-bond acceptors (Lipinski definition) is 6. The first-order valence-electron chi connectivity index (χ1n) is 15.9. The molecule has 42 heavy (non-hydrogen) atoms. The Labute approximate surface area is 260 Å². The number of hydrogen-bond donors (Lipinski definition) is 2. The fraction of sp³-hybridized carbons (Fsp3) is 0.882. The molecule has 0 radical (unpaired) electrons. The van der Waals surface area contributed by atoms with Gasteiger partial charge in [0.05, 0.1) is 18.1 Å². The average Bonchev–Trinajstić information content (AvgIpc) is 2.81. The predicted octanol–water partition coefficient (Wildman–Crippen LogP) is 8.65. The third-order valence-electron chi connectivity index (χ3n) is 9.29. The Hall–Kier alpha value is -1.38. The van der Waals surface area contributed by atoms with Gasteiger partial charge >= 0.3 is 12.1 Å². The van der Waals surface area contributed by atoms with E-state index < -0.39 is 49.6 Å². The first-order chi connectivity index (χ1) is 18.7. The maximum atomic E-state index is 13.3. The minimum Gasteiger partial charge on any atom is -0.458 e. The van der Waals surface area contributed by atoms with Crippen molar-refractivity contribution in [2.24, 2.45) is 23.2 Å². The van der Waals surface area contributed by atoms with Crippen LogP contribution < -0.4 is 5.32 Å². The van der Waals surface area contributed by atoms with Gasteiger partial charge in [0.25, 0.3) is 0 Å². The molecule has 1 amide bonds. The summed E-state index contributed by atoms with van der Waals surface area (Å²) in [7, 11) is -2.03. The van der Waals surface area contributed by atoms with Crippen LogP contribution in [0.3, 0.4) is 0 Å². The lowest BCUT2D eigenvalue weighted by Gasteiger charge is -2.47. The summed E-state index contributed by atoms with van der Waals surface area (Å²) in [5, 5.41) is 14.6. The number of alkyl carbamates (subject to hydrolysis) is 1. The second kappa shape index (κ2) is 15.6. The molecule has 0 saturated heterocycles. The molecule has 0 aliphatic heterocycles. The number of rotatable bonds is 14. The topological polar surface area (TPSA) is 94.1 Å². The van der Waals surface area contributed by atoms with Crippen LogP contribution in [0, 0.1) is 23.2 Å². The highest BCUT2D eigenvalue weighted by atomic mass is 28.4. The Kier molecular flexibility index (Phi) is 15.0. The summed E-state index contributed by atoms with van der Waals surface area (Å²) in [6, 6.07) is -0.418. The van der Waals surface area contributed by atoms with Gasteiger partial charge in [0, 0.05) is 17.4 Å². The first-order valence-corrected chi connectivity index (χ1v) is 18.8. The third kappa shape index (κ3) is 12.0. The van der Waals surface area contributed by atoms with Crippen LogP contribution in [-0.4, -0.2) is 55.4 Å². The zero-order valence-corrected chi connectivity index (χ0v) is 31.4. The fourth-order valence-electron chi connectivity index (χ4n) is 4.93. The van der Waals surface area contributed by atoms with E-state index in [2.05, 4.69) is 73.8 Å². The fourth-order valence-corrected chi connectivity index (χ4v) is 6.47. The summed E-state index contributed by atoms with van der Waals surface area (Å²) in [5.41, 5.74) is 0.790. The van der Waals surface area contributed by atoms with E-state index in [1.165, 1.54) is 0 Å². The van der Waals surface area contributed by atoms with Gasteiger partial charge in [-0.25, -0.2) is 4.79 Å². The van der Waals surface area contributed by atoms with Crippen molar-refractivity contribution in [1.29, 1.82) is 0 Å². The van der Waals surface area contributed by atoms with Crippen molar-refractivity contribution in [3.05, 3.63) is 11.1 Å². The van der Waals surface area contributed by atoms with Gasteiger partial charge in [-0.2, -0.15) is 0 Å². The minimum atomic E-state index is -2.03. The smallest absolute Gasteiger partial charge is 0.407 e. The van der Waals surface area contributed by atoms with E-state index in [-0.39, 0.29) is 28.9 Å². The van der Waals surface area contributed by atoms with Crippen molar-refractivity contribution in [2.45, 2.75) is 172 Å². The SMILES string of the molecule is CC[C@H](O[Si](C)(C)C(C)(C)C)C(C)(C)[C@@H](O)[C@@H](C)/C(C)=C(\C)[C@H](C)OC(=O)C(C)[C@H](CC(C)C)NC(=O)OC(C)(C)C. The van der Waals surface area contributed by atoms with Crippen molar-refractivity contribution in [2.75, 3.05) is 0 Å². The van der Waals surface area contributed by atoms with Crippen LogP contribution in [0.2, 0.25) is 18.1 Å². The van der Waals surface area contributed by atoms with E-state index in [1.54, 1.807) is 6.92 Å². The second-order valence-corrected chi connectivity index (χ2v) is 20.7. The first kappa shape index (κ1) is 40.6. The van der Waals surface area contributed by atoms with Crippen molar-refractivity contribution in [3.8, 4) is 0 Å². The van der Waals surface area contributed by atoms with Crippen molar-refractivity contribution in [3.63, 3.8) is 0 Å². The summed E-state index contributed by atoms with van der Waals surface area (Å²) in [6.45, 7) is 36.7. The summed E-state index contributed by atoms with van der Waals surface area (Å²) >= 11 is 0. The molecule has 0 rings (SSSR count). The lowest BCUT2D eigenvalue weighted by molar-refractivity contribution is -0.152. The van der Waals surface area contributed by atoms with E-state index in [4.69, 9.17) is 13.9 Å². The molecule has 6 atom stereocenters. The molecular weight excluding hydrogens is 546 g/mol. The third-order valence-corrected chi connectivity index (χ3v) is 13.8. The lowest BCUT2D eigenvalue weighted by atomic mass is 9.72. The molecule has 248 valence electrons. The summed E-state index contributed by atoms with van der Waals surface area (Å²) in [4.78, 5) is 25.8. The highest BCUT2D eigenvalue weighted by Crippen LogP contribution is 2.43. The molecule has 0 fully saturated rings. The monoisotopic (exact) mass is 613 g/mol. The quantitative estimate of drug-likeness (QED) is 0.116. The molecule has 1 unspecified atom stereocenters. The molecule has 8 heteroatoms. The normalized spacial score (nSPS) is 18.4. The molecule has 0 bridgehead atoms. The molecule has 0 aliphatic carbocycles. The van der Waals surface area contributed by atoms with E-state index in [9.17, 15) is 14.7 Å². The Morgan fingerprint density at radius 2 is 1.36 bits per heavy atom. The van der Waals surface area contributed by atoms with Crippen molar-refractivity contribution in [1.82, 2.24) is 5.32 Å². The predicted molar refractivity (Wildman–Crippen MR) is 177 cm³/mol. The number of nitrogens with one attached hydrogen (secondary N) is 1. The number of ether oxygens (including phenoxy) is 2. The Morgan fingerprint density at radius 1 is 0.857 bits per heavy atom. The van der Waals surface area contributed by atoms with Crippen LogP contribution in [-0.2, 0) is 18.7 Å². The van der Waals surface area contributed by atoms with Gasteiger partial charge < -0.3 is 24.3 Å². The van der Waals surface area contributed by atoms with Gasteiger partial charge in [0.1, 0.15) is 11.7 Å². The van der Waals surface area contributed by atoms with Gasteiger partial charge in [-0.3, -0.25) is 4.79 Å².